The molecule has 4 heteroatoms. The average Bonchev–Trinajstić information content (AvgIpc) is 2.86. The minimum absolute atomic E-state index is 0.0992. The van der Waals surface area contributed by atoms with E-state index < -0.39 is 0 Å². The third kappa shape index (κ3) is 2.17. The number of methoxy groups -OCH3 is 2. The van der Waals surface area contributed by atoms with Crippen molar-refractivity contribution in [1.82, 2.24) is 0 Å². The van der Waals surface area contributed by atoms with E-state index in [-0.39, 0.29) is 17.8 Å². The molecule has 0 unspecified atom stereocenters. The highest BCUT2D eigenvalue weighted by Crippen LogP contribution is 2.54. The molecular formula is C17H22O4. The fourth-order valence-corrected chi connectivity index (χ4v) is 3.73. The standard InChI is InChI=1S/C17H22O4/c1-9(2)11-5-6-12(18)17-15(11)16-13(20-4)7-10(19-3)8-14(16)21-17/h7-9,11,15,17H,5-6H2,1-4H3/t11-,15+,17+/m1/s1. The summed E-state index contributed by atoms with van der Waals surface area (Å²) in [4.78, 5) is 12.3. The van der Waals surface area contributed by atoms with E-state index in [1.807, 2.05) is 12.1 Å². The largest absolute Gasteiger partial charge is 0.496 e. The molecule has 0 aromatic heterocycles. The summed E-state index contributed by atoms with van der Waals surface area (Å²) in [7, 11) is 3.27. The van der Waals surface area contributed by atoms with E-state index in [9.17, 15) is 4.79 Å². The molecule has 1 saturated carbocycles. The molecule has 0 saturated heterocycles. The quantitative estimate of drug-likeness (QED) is 0.857. The maximum atomic E-state index is 12.3. The molecule has 1 aromatic rings. The molecular weight excluding hydrogens is 268 g/mol. The van der Waals surface area contributed by atoms with Crippen LogP contribution in [0.25, 0.3) is 0 Å². The van der Waals surface area contributed by atoms with Crippen molar-refractivity contribution in [2.24, 2.45) is 11.8 Å². The van der Waals surface area contributed by atoms with Gasteiger partial charge in [-0.3, -0.25) is 4.79 Å². The number of carbonyl (C=O) groups is 1. The lowest BCUT2D eigenvalue weighted by atomic mass is 9.69. The molecule has 0 N–H and O–H groups in total. The minimum Gasteiger partial charge on any atom is -0.496 e. The van der Waals surface area contributed by atoms with Crippen LogP contribution >= 0.6 is 0 Å². The van der Waals surface area contributed by atoms with Crippen LogP contribution in [0.1, 0.15) is 38.2 Å². The summed E-state index contributed by atoms with van der Waals surface area (Å²) in [5.41, 5.74) is 1.04. The second kappa shape index (κ2) is 5.24. The Hall–Kier alpha value is -1.71. The molecule has 3 atom stereocenters. The Morgan fingerprint density at radius 2 is 2.00 bits per heavy atom. The first-order valence-electron chi connectivity index (χ1n) is 7.52. The summed E-state index contributed by atoms with van der Waals surface area (Å²) < 4.78 is 16.8. The van der Waals surface area contributed by atoms with Crippen LogP contribution in [-0.2, 0) is 4.79 Å². The zero-order chi connectivity index (χ0) is 15.1. The number of rotatable bonds is 3. The number of hydrogen-bond acceptors (Lipinski definition) is 4. The van der Waals surface area contributed by atoms with Gasteiger partial charge in [-0.2, -0.15) is 0 Å². The summed E-state index contributed by atoms with van der Waals surface area (Å²) in [5.74, 6) is 3.44. The van der Waals surface area contributed by atoms with Crippen molar-refractivity contribution in [3.63, 3.8) is 0 Å². The highest BCUT2D eigenvalue weighted by Gasteiger charge is 2.49. The van der Waals surface area contributed by atoms with Crippen molar-refractivity contribution in [2.75, 3.05) is 14.2 Å². The van der Waals surface area contributed by atoms with Crippen LogP contribution in [0.15, 0.2) is 12.1 Å². The highest BCUT2D eigenvalue weighted by molar-refractivity contribution is 5.87. The zero-order valence-corrected chi connectivity index (χ0v) is 13.0. The van der Waals surface area contributed by atoms with E-state index in [2.05, 4.69) is 13.8 Å². The molecule has 1 heterocycles. The van der Waals surface area contributed by atoms with E-state index in [0.29, 0.717) is 24.0 Å². The van der Waals surface area contributed by atoms with Crippen LogP contribution in [0.3, 0.4) is 0 Å². The Labute approximate surface area is 125 Å². The lowest BCUT2D eigenvalue weighted by Crippen LogP contribution is -2.39. The molecule has 0 spiro atoms. The number of Topliss-reactive ketones (excluding diaryl/α,β-unsaturated/α-hetero) is 1. The summed E-state index contributed by atoms with van der Waals surface area (Å²) in [6, 6.07) is 3.74. The van der Waals surface area contributed by atoms with Gasteiger partial charge in [0.15, 0.2) is 11.9 Å². The Balaban J connectivity index is 2.11. The second-order valence-electron chi connectivity index (χ2n) is 6.22. The third-order valence-corrected chi connectivity index (χ3v) is 4.81. The van der Waals surface area contributed by atoms with Crippen LogP contribution in [-0.4, -0.2) is 26.1 Å². The summed E-state index contributed by atoms with van der Waals surface area (Å²) in [6.45, 7) is 4.43. The van der Waals surface area contributed by atoms with Gasteiger partial charge in [0.05, 0.1) is 14.2 Å². The predicted octanol–water partition coefficient (Wildman–Crippen LogP) is 3.18. The summed E-state index contributed by atoms with van der Waals surface area (Å²) in [5, 5.41) is 0. The van der Waals surface area contributed by atoms with E-state index in [1.54, 1.807) is 14.2 Å². The smallest absolute Gasteiger partial charge is 0.173 e. The summed E-state index contributed by atoms with van der Waals surface area (Å²) >= 11 is 0. The molecule has 1 aliphatic carbocycles. The molecule has 0 amide bonds. The predicted molar refractivity (Wildman–Crippen MR) is 79.3 cm³/mol. The molecule has 1 aliphatic heterocycles. The first-order valence-corrected chi connectivity index (χ1v) is 7.52. The number of ether oxygens (including phenoxy) is 3. The Morgan fingerprint density at radius 1 is 1.24 bits per heavy atom. The number of fused-ring (bicyclic) bond motifs is 3. The van der Waals surface area contributed by atoms with Crippen molar-refractivity contribution in [1.29, 1.82) is 0 Å². The normalized spacial score (nSPS) is 27.1. The van der Waals surface area contributed by atoms with Crippen LogP contribution in [0.2, 0.25) is 0 Å². The Bertz CT molecular complexity index is 564. The van der Waals surface area contributed by atoms with Gasteiger partial charge in [-0.15, -0.1) is 0 Å². The Morgan fingerprint density at radius 3 is 2.62 bits per heavy atom. The molecule has 0 radical (unpaired) electrons. The average molecular weight is 290 g/mol. The van der Waals surface area contributed by atoms with Crippen molar-refractivity contribution >= 4 is 5.78 Å². The summed E-state index contributed by atoms with van der Waals surface area (Å²) in [6.07, 6.45) is 1.18. The monoisotopic (exact) mass is 290 g/mol. The van der Waals surface area contributed by atoms with Crippen LogP contribution in [0, 0.1) is 11.8 Å². The first-order chi connectivity index (χ1) is 10.1. The molecule has 1 aromatic carbocycles. The SMILES string of the molecule is COc1cc(OC)c2c(c1)O[C@H]1C(=O)CC[C@H](C(C)C)[C@@H]21. The van der Waals surface area contributed by atoms with Gasteiger partial charge in [0.25, 0.3) is 0 Å². The second-order valence-corrected chi connectivity index (χ2v) is 6.22. The maximum absolute atomic E-state index is 12.3. The van der Waals surface area contributed by atoms with E-state index >= 15 is 0 Å². The van der Waals surface area contributed by atoms with E-state index in [4.69, 9.17) is 14.2 Å². The lowest BCUT2D eigenvalue weighted by molar-refractivity contribution is -0.129. The van der Waals surface area contributed by atoms with Crippen LogP contribution in [0.5, 0.6) is 17.2 Å². The minimum atomic E-state index is -0.359. The molecule has 21 heavy (non-hydrogen) atoms. The maximum Gasteiger partial charge on any atom is 0.173 e. The van der Waals surface area contributed by atoms with Gasteiger partial charge in [-0.1, -0.05) is 13.8 Å². The van der Waals surface area contributed by atoms with Crippen molar-refractivity contribution in [3.05, 3.63) is 17.7 Å². The van der Waals surface area contributed by atoms with Crippen molar-refractivity contribution < 1.29 is 19.0 Å². The van der Waals surface area contributed by atoms with Crippen molar-refractivity contribution in [3.8, 4) is 17.2 Å². The number of carbonyl (C=O) groups excluding carboxylic acids is 1. The van der Waals surface area contributed by atoms with Gasteiger partial charge < -0.3 is 14.2 Å². The van der Waals surface area contributed by atoms with Gasteiger partial charge in [0.2, 0.25) is 0 Å². The third-order valence-electron chi connectivity index (χ3n) is 4.81. The molecule has 3 rings (SSSR count). The number of ketones is 1. The molecule has 114 valence electrons. The van der Waals surface area contributed by atoms with Crippen molar-refractivity contribution in [2.45, 2.75) is 38.7 Å². The van der Waals surface area contributed by atoms with Gasteiger partial charge in [0.1, 0.15) is 17.2 Å². The number of benzene rings is 1. The number of hydrogen-bond donors (Lipinski definition) is 0. The van der Waals surface area contributed by atoms with Gasteiger partial charge in [-0.25, -0.2) is 0 Å². The Kier molecular flexibility index (Phi) is 3.56. The topological polar surface area (TPSA) is 44.8 Å². The van der Waals surface area contributed by atoms with Crippen LogP contribution in [0.4, 0.5) is 0 Å². The van der Waals surface area contributed by atoms with Crippen LogP contribution < -0.4 is 14.2 Å². The highest BCUT2D eigenvalue weighted by atomic mass is 16.5. The molecule has 2 aliphatic rings. The van der Waals surface area contributed by atoms with E-state index in [0.717, 1.165) is 23.5 Å². The van der Waals surface area contributed by atoms with Gasteiger partial charge in [0, 0.05) is 30.0 Å². The fourth-order valence-electron chi connectivity index (χ4n) is 3.73. The van der Waals surface area contributed by atoms with Gasteiger partial charge >= 0.3 is 0 Å². The van der Waals surface area contributed by atoms with Gasteiger partial charge in [-0.05, 0) is 18.3 Å². The fraction of sp³-hybridized carbons (Fsp3) is 0.588. The first kappa shape index (κ1) is 14.2. The molecule has 0 bridgehead atoms. The zero-order valence-electron chi connectivity index (χ0n) is 13.0. The van der Waals surface area contributed by atoms with E-state index in [1.165, 1.54) is 0 Å². The molecule has 1 fully saturated rings. The molecule has 4 nitrogen and oxygen atoms in total. The lowest BCUT2D eigenvalue weighted by Gasteiger charge is -2.34.